The summed E-state index contributed by atoms with van der Waals surface area (Å²) in [6.07, 6.45) is 6.72. The molecular weight excluding hydrogens is 695 g/mol. The number of esters is 2. The third kappa shape index (κ3) is 15.1. The Labute approximate surface area is 268 Å². The van der Waals surface area contributed by atoms with Gasteiger partial charge in [0.05, 0.1) is 0 Å². The van der Waals surface area contributed by atoms with Gasteiger partial charge in [0.2, 0.25) is 0 Å². The Balaban J connectivity index is 2.03. The molecule has 0 spiro atoms. The summed E-state index contributed by atoms with van der Waals surface area (Å²) >= 11 is -4.38. The number of hydrogen-bond acceptors (Lipinski definition) is 12. The van der Waals surface area contributed by atoms with Crippen LogP contribution in [0.5, 0.6) is 23.0 Å². The fourth-order valence-corrected chi connectivity index (χ4v) is 13.3. The van der Waals surface area contributed by atoms with E-state index < -0.39 is 43.1 Å². The summed E-state index contributed by atoms with van der Waals surface area (Å²) in [4.78, 5) is 50.3. The van der Waals surface area contributed by atoms with Gasteiger partial charge in [-0.2, -0.15) is 0 Å². The van der Waals surface area contributed by atoms with Gasteiger partial charge in [0.15, 0.2) is 0 Å². The van der Waals surface area contributed by atoms with E-state index in [-0.39, 0.29) is 25.1 Å². The topological polar surface area (TPSA) is 142 Å². The molecule has 12 nitrogen and oxygen atoms in total. The predicted octanol–water partition coefficient (Wildman–Crippen LogP) is 5.40. The Morgan fingerprint density at radius 3 is 1.22 bits per heavy atom. The Hall–Kier alpha value is -3.88. The van der Waals surface area contributed by atoms with Crippen LogP contribution in [0.15, 0.2) is 72.8 Å². The predicted molar refractivity (Wildman–Crippen MR) is 165 cm³/mol. The molecule has 0 heterocycles. The third-order valence-corrected chi connectivity index (χ3v) is 15.5. The number of unbranched alkanes of at least 4 members (excludes halogenated alkanes) is 2. The standard InChI is InChI=1S/2C12H12O6.2C4H9.Sn/c2*1-16-8-17-9-2-4-10(5-3-9)18-12(15)7-6-11(13)14;2*1-3-4-2;/h2*2-7H,8H2,1H3,(H,13,14);2*1,3-4H2,2H3;/q;;;;+2/p-2/b2*7-6-;;;. The molecule has 0 N–H and O–H groups in total. The molecule has 244 valence electrons. The second-order valence-electron chi connectivity index (χ2n) is 9.51. The summed E-state index contributed by atoms with van der Waals surface area (Å²) in [6, 6.07) is 12.5. The van der Waals surface area contributed by atoms with Crippen molar-refractivity contribution in [1.82, 2.24) is 0 Å². The first-order chi connectivity index (χ1) is 21.7. The molecule has 0 aromatic heterocycles. The molecule has 0 fully saturated rings. The van der Waals surface area contributed by atoms with Crippen molar-refractivity contribution in [1.29, 1.82) is 0 Å². The van der Waals surface area contributed by atoms with Crippen molar-refractivity contribution in [3.63, 3.8) is 0 Å². The molecule has 13 heteroatoms. The zero-order chi connectivity index (χ0) is 32.9. The van der Waals surface area contributed by atoms with Crippen LogP contribution in [-0.2, 0) is 34.8 Å². The third-order valence-electron chi connectivity index (χ3n) is 5.88. The monoisotopic (exact) mass is 736 g/mol. The molecule has 0 radical (unpaired) electrons. The van der Waals surface area contributed by atoms with Crippen LogP contribution in [0.1, 0.15) is 39.5 Å². The van der Waals surface area contributed by atoms with E-state index in [0.29, 0.717) is 33.2 Å². The Morgan fingerprint density at radius 2 is 0.889 bits per heavy atom. The van der Waals surface area contributed by atoms with Gasteiger partial charge >= 0.3 is 245 Å². The molecule has 45 heavy (non-hydrogen) atoms. The molecule has 2 aromatic rings. The van der Waals surface area contributed by atoms with Crippen LogP contribution >= 0.6 is 0 Å². The number of methoxy groups -OCH3 is 2. The van der Waals surface area contributed by atoms with E-state index in [1.54, 1.807) is 24.3 Å². The van der Waals surface area contributed by atoms with Crippen LogP contribution in [-0.4, -0.2) is 70.9 Å². The SMILES string of the molecule is CCC[CH2][Sn]([CH2]CCC)([O]C(=O)/C=C\C(=O)Oc1ccc(OCOC)cc1)[O]C(=O)/C=C\C(=O)Oc1ccc(OCOC)cc1. The second kappa shape index (κ2) is 21.0. The molecule has 0 aliphatic carbocycles. The number of rotatable bonds is 20. The average molecular weight is 735 g/mol. The summed E-state index contributed by atoms with van der Waals surface area (Å²) in [7, 11) is 3.00. The van der Waals surface area contributed by atoms with E-state index in [9.17, 15) is 19.2 Å². The van der Waals surface area contributed by atoms with Gasteiger partial charge in [0, 0.05) is 14.2 Å². The first-order valence-corrected chi connectivity index (χ1v) is 20.8. The average Bonchev–Trinajstić information content (AvgIpc) is 3.04. The van der Waals surface area contributed by atoms with E-state index >= 15 is 0 Å². The van der Waals surface area contributed by atoms with Crippen molar-refractivity contribution in [2.24, 2.45) is 0 Å². The Kier molecular flexibility index (Phi) is 17.4. The van der Waals surface area contributed by atoms with Crippen molar-refractivity contribution in [3.05, 3.63) is 72.8 Å². The summed E-state index contributed by atoms with van der Waals surface area (Å²) in [5.41, 5.74) is 0. The van der Waals surface area contributed by atoms with Gasteiger partial charge in [-0.15, -0.1) is 0 Å². The number of carbonyl (C=O) groups is 4. The molecule has 2 aromatic carbocycles. The maximum absolute atomic E-state index is 12.8. The van der Waals surface area contributed by atoms with Crippen molar-refractivity contribution in [2.75, 3.05) is 27.8 Å². The minimum absolute atomic E-state index is 0.0762. The van der Waals surface area contributed by atoms with E-state index in [4.69, 9.17) is 34.6 Å². The molecule has 0 unspecified atom stereocenters. The maximum atomic E-state index is 12.8. The van der Waals surface area contributed by atoms with Crippen molar-refractivity contribution >= 4 is 43.1 Å². The van der Waals surface area contributed by atoms with Gasteiger partial charge in [-0.05, 0) is 0 Å². The van der Waals surface area contributed by atoms with Gasteiger partial charge in [-0.3, -0.25) is 0 Å². The van der Waals surface area contributed by atoms with Crippen LogP contribution in [0.2, 0.25) is 8.87 Å². The van der Waals surface area contributed by atoms with Gasteiger partial charge < -0.3 is 9.47 Å². The summed E-state index contributed by atoms with van der Waals surface area (Å²) in [6.45, 7) is 4.09. The molecule has 0 amide bonds. The van der Waals surface area contributed by atoms with Crippen molar-refractivity contribution in [2.45, 2.75) is 48.4 Å². The van der Waals surface area contributed by atoms with Crippen LogP contribution in [0.25, 0.3) is 0 Å². The van der Waals surface area contributed by atoms with Crippen LogP contribution in [0.3, 0.4) is 0 Å². The fourth-order valence-electron chi connectivity index (χ4n) is 3.71. The van der Waals surface area contributed by atoms with Crippen molar-refractivity contribution < 1.29 is 53.7 Å². The first kappa shape index (κ1) is 37.3. The first-order valence-electron chi connectivity index (χ1n) is 14.4. The van der Waals surface area contributed by atoms with Crippen LogP contribution in [0, 0.1) is 0 Å². The van der Waals surface area contributed by atoms with Crippen LogP contribution in [0.4, 0.5) is 0 Å². The number of ether oxygens (including phenoxy) is 6. The summed E-state index contributed by atoms with van der Waals surface area (Å²) < 4.78 is 43.2. The zero-order valence-electron chi connectivity index (χ0n) is 26.0. The molecule has 0 aliphatic heterocycles. The molecule has 0 saturated carbocycles. The van der Waals surface area contributed by atoms with Gasteiger partial charge in [0.1, 0.15) is 0 Å². The second-order valence-corrected chi connectivity index (χ2v) is 18.7. The Bertz CT molecular complexity index is 1170. The number of benzene rings is 2. The zero-order valence-corrected chi connectivity index (χ0v) is 28.8. The molecule has 0 aliphatic rings. The molecule has 0 atom stereocenters. The molecular formula is C32H40O12Sn. The van der Waals surface area contributed by atoms with E-state index in [2.05, 4.69) is 0 Å². The number of carbonyl (C=O) groups excluding carboxylic acids is 4. The minimum atomic E-state index is -4.38. The fraction of sp³-hybridized carbons (Fsp3) is 0.375. The number of hydrogen-bond donors (Lipinski definition) is 0. The normalized spacial score (nSPS) is 11.3. The summed E-state index contributed by atoms with van der Waals surface area (Å²) in [5, 5.41) is 0. The van der Waals surface area contributed by atoms with Gasteiger partial charge in [0.25, 0.3) is 0 Å². The summed E-state index contributed by atoms with van der Waals surface area (Å²) in [5.74, 6) is -1.67. The molecule has 0 bridgehead atoms. The van der Waals surface area contributed by atoms with E-state index in [1.165, 1.54) is 38.5 Å². The van der Waals surface area contributed by atoms with Gasteiger partial charge in [-0.25, -0.2) is 0 Å². The molecule has 2 rings (SSSR count). The van der Waals surface area contributed by atoms with Gasteiger partial charge in [-0.1, -0.05) is 0 Å². The van der Waals surface area contributed by atoms with Crippen LogP contribution < -0.4 is 18.9 Å². The quantitative estimate of drug-likeness (QED) is 0.0565. The van der Waals surface area contributed by atoms with E-state index in [0.717, 1.165) is 37.1 Å². The Morgan fingerprint density at radius 1 is 0.556 bits per heavy atom. The van der Waals surface area contributed by atoms with E-state index in [1.807, 2.05) is 13.8 Å². The van der Waals surface area contributed by atoms with Crippen molar-refractivity contribution in [3.8, 4) is 23.0 Å². The molecule has 0 saturated heterocycles.